The SMILES string of the molecule is CSCC[C@H](NC(=O)[C@H](CC(C)C)NC(=O)CNC(=O)[C@@H](Cc1ccccc1)NC(=O)[C@@H](Cc1ccccc1)NC(=O)[C@@H](CCC(N)=O)NC(=O)[C@@H](CCC(N)=O)NC(=O)[C@@H]1CCCN1C(=O)[C@@H](CCCCN)NC(=O)[C@@H]1CCCN1C(=O)[C@@H](N)CCCN=C(N)N)C(N)=O. The van der Waals surface area contributed by atoms with Crippen molar-refractivity contribution in [3.05, 3.63) is 71.8 Å². The molecule has 31 nitrogen and oxygen atoms in total. The molecule has 524 valence electrons. The Balaban J connectivity index is 1.56. The highest BCUT2D eigenvalue weighted by Crippen LogP contribution is 2.24. The molecule has 2 fully saturated rings. The van der Waals surface area contributed by atoms with Crippen LogP contribution in [0.2, 0.25) is 0 Å². The number of rotatable bonds is 42. The third-order valence-corrected chi connectivity index (χ3v) is 16.7. The molecular weight excluding hydrogens is 1250 g/mol. The number of nitrogens with one attached hydrogen (secondary N) is 8. The molecular formula is C63H98N18O13S. The van der Waals surface area contributed by atoms with E-state index in [1.165, 1.54) is 21.6 Å². The summed E-state index contributed by atoms with van der Waals surface area (Å²) in [6.07, 6.45) is 3.12. The van der Waals surface area contributed by atoms with E-state index in [-0.39, 0.29) is 83.0 Å². The number of likely N-dealkylation sites (tertiary alicyclic amines) is 2. The molecule has 2 aromatic carbocycles. The fourth-order valence-corrected chi connectivity index (χ4v) is 11.5. The number of nitrogens with zero attached hydrogens (tertiary/aromatic N) is 3. The monoisotopic (exact) mass is 1350 g/mol. The van der Waals surface area contributed by atoms with E-state index in [2.05, 4.69) is 47.5 Å². The van der Waals surface area contributed by atoms with Crippen LogP contribution < -0.4 is 82.7 Å². The lowest BCUT2D eigenvalue weighted by Crippen LogP contribution is -2.60. The number of amides is 13. The van der Waals surface area contributed by atoms with E-state index in [1.54, 1.807) is 60.7 Å². The van der Waals surface area contributed by atoms with Crippen LogP contribution in [0.4, 0.5) is 0 Å². The van der Waals surface area contributed by atoms with Crippen LogP contribution in [0.25, 0.3) is 0 Å². The van der Waals surface area contributed by atoms with Gasteiger partial charge >= 0.3 is 0 Å². The van der Waals surface area contributed by atoms with Gasteiger partial charge in [0.25, 0.3) is 0 Å². The summed E-state index contributed by atoms with van der Waals surface area (Å²) in [5, 5.41) is 21.1. The number of hydrogen-bond donors (Lipinski definition) is 15. The summed E-state index contributed by atoms with van der Waals surface area (Å²) in [6, 6.07) is 4.51. The Morgan fingerprint density at radius 1 is 0.537 bits per heavy atom. The van der Waals surface area contributed by atoms with E-state index in [9.17, 15) is 62.3 Å². The van der Waals surface area contributed by atoms with Gasteiger partial charge in [0, 0.05) is 45.3 Å². The quantitative estimate of drug-likeness (QED) is 0.0173. The van der Waals surface area contributed by atoms with Gasteiger partial charge in [0.15, 0.2) is 5.96 Å². The molecule has 0 unspecified atom stereocenters. The highest BCUT2D eigenvalue weighted by Gasteiger charge is 2.42. The minimum Gasteiger partial charge on any atom is -0.370 e. The number of nitrogens with two attached hydrogens (primary N) is 7. The zero-order chi connectivity index (χ0) is 70.1. The first kappa shape index (κ1) is 78.5. The summed E-state index contributed by atoms with van der Waals surface area (Å²) in [4.78, 5) is 185. The second kappa shape index (κ2) is 41.0. The Bertz CT molecular complexity index is 2960. The molecule has 13 amide bonds. The topological polar surface area (TPSA) is 519 Å². The number of guanidine groups is 1. The van der Waals surface area contributed by atoms with Crippen molar-refractivity contribution in [1.29, 1.82) is 0 Å². The van der Waals surface area contributed by atoms with Crippen LogP contribution in [-0.4, -0.2) is 198 Å². The van der Waals surface area contributed by atoms with Crippen molar-refractivity contribution >= 4 is 94.5 Å². The first-order valence-corrected chi connectivity index (χ1v) is 33.6. The third kappa shape index (κ3) is 27.5. The van der Waals surface area contributed by atoms with Gasteiger partial charge in [-0.2, -0.15) is 11.8 Å². The van der Waals surface area contributed by atoms with E-state index in [0.29, 0.717) is 55.4 Å². The number of hydrogen-bond acceptors (Lipinski definition) is 17. The van der Waals surface area contributed by atoms with Crippen molar-refractivity contribution < 1.29 is 62.3 Å². The predicted octanol–water partition coefficient (Wildman–Crippen LogP) is -3.71. The minimum absolute atomic E-state index is 0.0736. The third-order valence-electron chi connectivity index (χ3n) is 16.0. The number of carbonyl (C=O) groups excluding carboxylic acids is 13. The van der Waals surface area contributed by atoms with Gasteiger partial charge in [0.1, 0.15) is 54.4 Å². The molecule has 0 radical (unpaired) electrons. The molecule has 2 heterocycles. The predicted molar refractivity (Wildman–Crippen MR) is 356 cm³/mol. The molecule has 2 aliphatic rings. The molecule has 2 aromatic rings. The average Bonchev–Trinajstić information content (AvgIpc) is 1.74. The van der Waals surface area contributed by atoms with E-state index in [0.717, 1.165) is 0 Å². The van der Waals surface area contributed by atoms with Crippen molar-refractivity contribution in [2.75, 3.05) is 44.7 Å². The summed E-state index contributed by atoms with van der Waals surface area (Å²) in [7, 11) is 0. The van der Waals surface area contributed by atoms with Crippen LogP contribution in [0, 0.1) is 5.92 Å². The first-order valence-electron chi connectivity index (χ1n) is 32.2. The van der Waals surface area contributed by atoms with Gasteiger partial charge in [-0.15, -0.1) is 0 Å². The molecule has 32 heteroatoms. The summed E-state index contributed by atoms with van der Waals surface area (Å²) in [5.74, 6) is -9.80. The van der Waals surface area contributed by atoms with Crippen molar-refractivity contribution in [1.82, 2.24) is 52.3 Å². The second-order valence-electron chi connectivity index (χ2n) is 24.1. The highest BCUT2D eigenvalue weighted by atomic mass is 32.2. The lowest BCUT2D eigenvalue weighted by Gasteiger charge is -2.32. The van der Waals surface area contributed by atoms with E-state index >= 15 is 0 Å². The van der Waals surface area contributed by atoms with E-state index in [4.69, 9.17) is 40.1 Å². The van der Waals surface area contributed by atoms with E-state index < -0.39 is 169 Å². The Hall–Kier alpha value is -8.91. The van der Waals surface area contributed by atoms with Gasteiger partial charge in [0.05, 0.1) is 12.6 Å². The number of benzene rings is 2. The van der Waals surface area contributed by atoms with Crippen LogP contribution in [0.1, 0.15) is 121 Å². The van der Waals surface area contributed by atoms with Crippen LogP contribution in [0.5, 0.6) is 0 Å². The Morgan fingerprint density at radius 3 is 1.51 bits per heavy atom. The molecule has 0 bridgehead atoms. The van der Waals surface area contributed by atoms with Crippen molar-refractivity contribution in [2.24, 2.45) is 51.0 Å². The average molecular weight is 1350 g/mol. The summed E-state index contributed by atoms with van der Waals surface area (Å²) in [6.45, 7) is 3.86. The molecule has 0 spiro atoms. The fourth-order valence-electron chi connectivity index (χ4n) is 11.0. The maximum absolute atomic E-state index is 14.7. The van der Waals surface area contributed by atoms with Crippen LogP contribution in [0.3, 0.4) is 0 Å². The molecule has 22 N–H and O–H groups in total. The fraction of sp³-hybridized carbons (Fsp3) is 0.587. The zero-order valence-electron chi connectivity index (χ0n) is 54.5. The first-order chi connectivity index (χ1) is 45.2. The largest absolute Gasteiger partial charge is 0.370 e. The van der Waals surface area contributed by atoms with Crippen LogP contribution >= 0.6 is 11.8 Å². The van der Waals surface area contributed by atoms with Crippen molar-refractivity contribution in [2.45, 2.75) is 183 Å². The lowest BCUT2D eigenvalue weighted by atomic mass is 10.0. The molecule has 4 rings (SSSR count). The second-order valence-corrected chi connectivity index (χ2v) is 25.1. The smallest absolute Gasteiger partial charge is 0.245 e. The number of carbonyl (C=O) groups is 13. The van der Waals surface area contributed by atoms with Crippen LogP contribution in [-0.2, 0) is 75.2 Å². The van der Waals surface area contributed by atoms with Crippen molar-refractivity contribution in [3.63, 3.8) is 0 Å². The Labute approximate surface area is 558 Å². The zero-order valence-corrected chi connectivity index (χ0v) is 55.3. The van der Waals surface area contributed by atoms with Crippen LogP contribution in [0.15, 0.2) is 65.7 Å². The van der Waals surface area contributed by atoms with Gasteiger partial charge in [-0.05, 0) is 119 Å². The van der Waals surface area contributed by atoms with Gasteiger partial charge < -0.3 is 92.5 Å². The maximum Gasteiger partial charge on any atom is 0.245 e. The highest BCUT2D eigenvalue weighted by molar-refractivity contribution is 7.98. The van der Waals surface area contributed by atoms with Crippen molar-refractivity contribution in [3.8, 4) is 0 Å². The Kier molecular flexibility index (Phi) is 33.9. The van der Waals surface area contributed by atoms with Gasteiger partial charge in [-0.1, -0.05) is 74.5 Å². The standard InChI is InChI=1S/C63H98N18O13S/c1-37(2)33-45(57(89)74-41(53(68)85)27-32-95-3)73-52(84)36-72-54(86)46(34-38-15-6-4-7-16-38)78-58(90)47(35-39-17-8-5-9-18-39)79-56(88)42(23-25-50(66)82)75-55(87)43(24-26-51(67)83)76-59(91)49-22-14-31-81(49)62(94)44(20-10-11-28-64)77-60(92)48-21-13-30-80(48)61(93)40(65)19-12-29-71-63(69)70/h4-9,15-18,37,40-49H,10-14,19-36,64-65H2,1-3H3,(H2,66,82)(H2,67,83)(H2,68,85)(H,72,86)(H,73,84)(H,74,89)(H,75,87)(H,76,91)(H,77,92)(H,78,90)(H,79,88)(H4,69,70,71)/t40-,41-,42+,43+,44+,45-,46+,47+,48-,49-/m0/s1. The molecule has 2 aliphatic heterocycles. The molecule has 95 heavy (non-hydrogen) atoms. The van der Waals surface area contributed by atoms with Gasteiger partial charge in [-0.25, -0.2) is 0 Å². The molecule has 10 atom stereocenters. The number of unbranched alkanes of at least 4 members (excludes halogenated alkanes) is 1. The Morgan fingerprint density at radius 2 is 1.01 bits per heavy atom. The number of aliphatic imine (C=N–C) groups is 1. The maximum atomic E-state index is 14.7. The summed E-state index contributed by atoms with van der Waals surface area (Å²) >= 11 is 1.45. The van der Waals surface area contributed by atoms with Gasteiger partial charge in [-0.3, -0.25) is 67.3 Å². The molecule has 0 aromatic heterocycles. The number of thioether (sulfide) groups is 1. The molecule has 0 aliphatic carbocycles. The minimum atomic E-state index is -1.64. The number of primary amides is 3. The molecule has 2 saturated heterocycles. The summed E-state index contributed by atoms with van der Waals surface area (Å²) < 4.78 is 0. The molecule has 0 saturated carbocycles. The lowest BCUT2D eigenvalue weighted by molar-refractivity contribution is -0.144. The van der Waals surface area contributed by atoms with E-state index in [1.807, 2.05) is 20.1 Å². The normalized spacial score (nSPS) is 16.8. The van der Waals surface area contributed by atoms with Gasteiger partial charge in [0.2, 0.25) is 76.8 Å². The summed E-state index contributed by atoms with van der Waals surface area (Å²) in [5.41, 5.74) is 40.6.